The molecular formula is C15H17N3O. The van der Waals surface area contributed by atoms with E-state index in [1.807, 2.05) is 38.1 Å². The molecule has 0 spiro atoms. The zero-order chi connectivity index (χ0) is 13.7. The van der Waals surface area contributed by atoms with Gasteiger partial charge in [-0.25, -0.2) is 0 Å². The van der Waals surface area contributed by atoms with Crippen molar-refractivity contribution in [3.05, 3.63) is 53.6 Å². The number of nitrogens with zero attached hydrogens (tertiary/aromatic N) is 3. The van der Waals surface area contributed by atoms with Gasteiger partial charge in [0.15, 0.2) is 0 Å². The van der Waals surface area contributed by atoms with Crippen molar-refractivity contribution >= 4 is 6.21 Å². The van der Waals surface area contributed by atoms with Crippen LogP contribution in [0.15, 0.2) is 41.7 Å². The molecule has 4 heteroatoms. The van der Waals surface area contributed by atoms with Crippen molar-refractivity contribution in [1.29, 1.82) is 0 Å². The SMILES string of the molecule is COc1ccccc1C(C)/N=C/c1cnc(C)cn1. The fraction of sp³-hybridized carbons (Fsp3) is 0.267. The van der Waals surface area contributed by atoms with Gasteiger partial charge in [-0.3, -0.25) is 15.0 Å². The Morgan fingerprint density at radius 1 is 1.21 bits per heavy atom. The average Bonchev–Trinajstić information content (AvgIpc) is 2.46. The van der Waals surface area contributed by atoms with Crippen LogP contribution < -0.4 is 4.74 Å². The van der Waals surface area contributed by atoms with Crippen LogP contribution in [0.2, 0.25) is 0 Å². The van der Waals surface area contributed by atoms with Crippen molar-refractivity contribution < 1.29 is 4.74 Å². The van der Waals surface area contributed by atoms with Gasteiger partial charge in [0, 0.05) is 18.0 Å². The van der Waals surface area contributed by atoms with E-state index in [0.29, 0.717) is 0 Å². The third-order valence-corrected chi connectivity index (χ3v) is 2.82. The first-order valence-corrected chi connectivity index (χ1v) is 6.15. The molecule has 0 aliphatic heterocycles. The minimum atomic E-state index is 0.0132. The van der Waals surface area contributed by atoms with E-state index in [9.17, 15) is 0 Å². The molecule has 4 nitrogen and oxygen atoms in total. The van der Waals surface area contributed by atoms with Gasteiger partial charge in [0.2, 0.25) is 0 Å². The van der Waals surface area contributed by atoms with Gasteiger partial charge in [-0.2, -0.15) is 0 Å². The molecule has 1 unspecified atom stereocenters. The summed E-state index contributed by atoms with van der Waals surface area (Å²) in [6.45, 7) is 3.93. The molecule has 1 heterocycles. The minimum Gasteiger partial charge on any atom is -0.496 e. The number of hydrogen-bond acceptors (Lipinski definition) is 4. The van der Waals surface area contributed by atoms with Crippen molar-refractivity contribution in [3.63, 3.8) is 0 Å². The highest BCUT2D eigenvalue weighted by Crippen LogP contribution is 2.26. The topological polar surface area (TPSA) is 47.4 Å². The van der Waals surface area contributed by atoms with Crippen LogP contribution in [0.1, 0.15) is 29.9 Å². The average molecular weight is 255 g/mol. The monoisotopic (exact) mass is 255 g/mol. The number of hydrogen-bond donors (Lipinski definition) is 0. The van der Waals surface area contributed by atoms with Crippen LogP contribution in [-0.4, -0.2) is 23.3 Å². The van der Waals surface area contributed by atoms with Crippen LogP contribution >= 0.6 is 0 Å². The molecule has 1 aromatic carbocycles. The zero-order valence-electron chi connectivity index (χ0n) is 11.4. The maximum absolute atomic E-state index is 5.33. The van der Waals surface area contributed by atoms with E-state index in [0.717, 1.165) is 22.7 Å². The molecule has 98 valence electrons. The molecule has 19 heavy (non-hydrogen) atoms. The highest BCUT2D eigenvalue weighted by atomic mass is 16.5. The van der Waals surface area contributed by atoms with E-state index >= 15 is 0 Å². The van der Waals surface area contributed by atoms with Gasteiger partial charge < -0.3 is 4.74 Å². The van der Waals surface area contributed by atoms with Gasteiger partial charge in [0.05, 0.1) is 30.7 Å². The number of aliphatic imine (C=N–C) groups is 1. The fourth-order valence-corrected chi connectivity index (χ4v) is 1.75. The summed E-state index contributed by atoms with van der Waals surface area (Å²) >= 11 is 0. The number of aryl methyl sites for hydroxylation is 1. The summed E-state index contributed by atoms with van der Waals surface area (Å²) in [6, 6.07) is 7.90. The standard InChI is InChI=1S/C15H17N3O/c1-11-8-18-13(9-16-11)10-17-12(2)14-6-4-5-7-15(14)19-3/h4-10,12H,1-3H3/b17-10+. The summed E-state index contributed by atoms with van der Waals surface area (Å²) in [7, 11) is 1.67. The zero-order valence-corrected chi connectivity index (χ0v) is 11.4. The molecule has 0 aliphatic carbocycles. The maximum Gasteiger partial charge on any atom is 0.124 e. The Kier molecular flexibility index (Phi) is 4.23. The van der Waals surface area contributed by atoms with Gasteiger partial charge in [-0.1, -0.05) is 18.2 Å². The lowest BCUT2D eigenvalue weighted by atomic mass is 10.1. The number of aromatic nitrogens is 2. The molecule has 2 rings (SSSR count). The Labute approximate surface area is 113 Å². The quantitative estimate of drug-likeness (QED) is 0.789. The van der Waals surface area contributed by atoms with Crippen molar-refractivity contribution in [1.82, 2.24) is 9.97 Å². The lowest BCUT2D eigenvalue weighted by Crippen LogP contribution is -1.97. The molecule has 0 amide bonds. The Morgan fingerprint density at radius 3 is 2.68 bits per heavy atom. The van der Waals surface area contributed by atoms with E-state index in [-0.39, 0.29) is 6.04 Å². The van der Waals surface area contributed by atoms with Crippen LogP contribution in [0, 0.1) is 6.92 Å². The summed E-state index contributed by atoms with van der Waals surface area (Å²) in [5.41, 5.74) is 2.71. The second kappa shape index (κ2) is 6.09. The van der Waals surface area contributed by atoms with Gasteiger partial charge in [0.1, 0.15) is 5.75 Å². The summed E-state index contributed by atoms with van der Waals surface area (Å²) < 4.78 is 5.33. The van der Waals surface area contributed by atoms with Crippen molar-refractivity contribution in [2.75, 3.05) is 7.11 Å². The molecule has 1 atom stereocenters. The molecule has 0 saturated heterocycles. The molecule has 0 bridgehead atoms. The molecular weight excluding hydrogens is 238 g/mol. The van der Waals surface area contributed by atoms with E-state index < -0.39 is 0 Å². The van der Waals surface area contributed by atoms with Crippen LogP contribution in [0.4, 0.5) is 0 Å². The predicted molar refractivity (Wildman–Crippen MR) is 75.8 cm³/mol. The first-order chi connectivity index (χ1) is 9.20. The normalized spacial score (nSPS) is 12.6. The fourth-order valence-electron chi connectivity index (χ4n) is 1.75. The van der Waals surface area contributed by atoms with E-state index in [1.165, 1.54) is 0 Å². The van der Waals surface area contributed by atoms with Crippen molar-refractivity contribution in [3.8, 4) is 5.75 Å². The number of para-hydroxylation sites is 1. The smallest absolute Gasteiger partial charge is 0.124 e. The van der Waals surface area contributed by atoms with Gasteiger partial charge in [0.25, 0.3) is 0 Å². The summed E-state index contributed by atoms with van der Waals surface area (Å²) in [6.07, 6.45) is 5.19. The maximum atomic E-state index is 5.33. The molecule has 0 aliphatic rings. The Bertz CT molecular complexity index is 564. The number of ether oxygens (including phenoxy) is 1. The second-order valence-corrected chi connectivity index (χ2v) is 4.28. The highest BCUT2D eigenvalue weighted by Gasteiger charge is 2.08. The minimum absolute atomic E-state index is 0.0132. The lowest BCUT2D eigenvalue weighted by Gasteiger charge is -2.11. The van der Waals surface area contributed by atoms with Crippen LogP contribution in [0.3, 0.4) is 0 Å². The predicted octanol–water partition coefficient (Wildman–Crippen LogP) is 2.97. The molecule has 0 fully saturated rings. The Morgan fingerprint density at radius 2 is 2.00 bits per heavy atom. The number of benzene rings is 1. The summed E-state index contributed by atoms with van der Waals surface area (Å²) in [5.74, 6) is 0.849. The number of methoxy groups -OCH3 is 1. The van der Waals surface area contributed by atoms with Gasteiger partial charge in [-0.15, -0.1) is 0 Å². The van der Waals surface area contributed by atoms with E-state index in [4.69, 9.17) is 4.74 Å². The largest absolute Gasteiger partial charge is 0.496 e. The number of rotatable bonds is 4. The first kappa shape index (κ1) is 13.2. The molecule has 2 aromatic rings. The summed E-state index contributed by atoms with van der Waals surface area (Å²) in [4.78, 5) is 12.9. The van der Waals surface area contributed by atoms with Gasteiger partial charge >= 0.3 is 0 Å². The lowest BCUT2D eigenvalue weighted by molar-refractivity contribution is 0.407. The van der Waals surface area contributed by atoms with Crippen LogP contribution in [0.25, 0.3) is 0 Å². The van der Waals surface area contributed by atoms with Crippen LogP contribution in [0.5, 0.6) is 5.75 Å². The third-order valence-electron chi connectivity index (χ3n) is 2.82. The summed E-state index contributed by atoms with van der Waals surface area (Å²) in [5, 5.41) is 0. The first-order valence-electron chi connectivity index (χ1n) is 6.15. The van der Waals surface area contributed by atoms with E-state index in [2.05, 4.69) is 15.0 Å². The molecule has 1 aromatic heterocycles. The Balaban J connectivity index is 2.16. The van der Waals surface area contributed by atoms with Crippen LogP contribution in [-0.2, 0) is 0 Å². The Hall–Kier alpha value is -2.23. The highest BCUT2D eigenvalue weighted by molar-refractivity contribution is 5.76. The molecule has 0 saturated carbocycles. The molecule has 0 N–H and O–H groups in total. The van der Waals surface area contributed by atoms with Crippen molar-refractivity contribution in [2.24, 2.45) is 4.99 Å². The van der Waals surface area contributed by atoms with Crippen molar-refractivity contribution in [2.45, 2.75) is 19.9 Å². The van der Waals surface area contributed by atoms with Gasteiger partial charge in [-0.05, 0) is 19.9 Å². The second-order valence-electron chi connectivity index (χ2n) is 4.28. The third kappa shape index (κ3) is 3.37. The van der Waals surface area contributed by atoms with E-state index in [1.54, 1.807) is 25.7 Å². The molecule has 0 radical (unpaired) electrons.